The SMILES string of the molecule is O=C(O)CN(c1ccc(N(CC(=O)O)S(=O)(=O)c2ccccc2C(F)(F)F)c2ccccc12)S(=O)(=O)c1ccccc1C(F)(F)F. The molecule has 0 heterocycles. The fraction of sp³-hybridized carbons (Fsp3) is 0.143. The van der Waals surface area contributed by atoms with E-state index in [1.807, 2.05) is 0 Å². The fourth-order valence-corrected chi connectivity index (χ4v) is 7.93. The van der Waals surface area contributed by atoms with Gasteiger partial charge in [-0.05, 0) is 36.4 Å². The van der Waals surface area contributed by atoms with E-state index in [2.05, 4.69) is 0 Å². The Hall–Kier alpha value is -4.84. The lowest BCUT2D eigenvalue weighted by Crippen LogP contribution is -2.38. The molecule has 46 heavy (non-hydrogen) atoms. The summed E-state index contributed by atoms with van der Waals surface area (Å²) in [6.07, 6.45) is -10.4. The van der Waals surface area contributed by atoms with E-state index in [-0.39, 0.29) is 19.4 Å². The molecular weight excluding hydrogens is 670 g/mol. The second-order valence-corrected chi connectivity index (χ2v) is 13.1. The van der Waals surface area contributed by atoms with Crippen LogP contribution in [0.15, 0.2) is 94.7 Å². The normalized spacial score (nSPS) is 12.6. The minimum absolute atomic E-state index is 0.140. The standard InChI is InChI=1S/C28H20F6N2O8S2/c29-27(30,31)19-9-3-5-11-23(19)45(41,42)35(15-25(37)38)21-13-14-22(18-8-2-1-7-17(18)21)36(16-26(39)40)46(43,44)24-12-6-4-10-20(24)28(32,33)34/h1-14H,15-16H2,(H,37,38)(H,39,40). The Balaban J connectivity index is 2.01. The van der Waals surface area contributed by atoms with Gasteiger partial charge in [0.25, 0.3) is 20.0 Å². The summed E-state index contributed by atoms with van der Waals surface area (Å²) in [4.78, 5) is 21.0. The molecule has 0 bridgehead atoms. The van der Waals surface area contributed by atoms with Crippen molar-refractivity contribution in [2.75, 3.05) is 21.7 Å². The molecule has 0 aromatic heterocycles. The van der Waals surface area contributed by atoms with Crippen LogP contribution < -0.4 is 8.61 Å². The number of fused-ring (bicyclic) bond motifs is 1. The van der Waals surface area contributed by atoms with E-state index in [9.17, 15) is 63.0 Å². The summed E-state index contributed by atoms with van der Waals surface area (Å²) in [7, 11) is -10.6. The summed E-state index contributed by atoms with van der Waals surface area (Å²) in [5.41, 5.74) is -4.31. The van der Waals surface area contributed by atoms with Gasteiger partial charge in [-0.25, -0.2) is 16.8 Å². The number of carboxylic acids is 2. The van der Waals surface area contributed by atoms with Crippen LogP contribution in [0.4, 0.5) is 37.7 Å². The van der Waals surface area contributed by atoms with Crippen LogP contribution in [0.1, 0.15) is 11.1 Å². The number of aliphatic carboxylic acids is 2. The molecule has 10 nitrogen and oxygen atoms in total. The molecule has 0 aliphatic carbocycles. The zero-order valence-electron chi connectivity index (χ0n) is 22.8. The summed E-state index contributed by atoms with van der Waals surface area (Å²) in [5, 5.41) is 18.5. The Morgan fingerprint density at radius 2 is 0.848 bits per heavy atom. The zero-order chi connectivity index (χ0) is 34.2. The number of sulfonamides is 2. The van der Waals surface area contributed by atoms with Crippen LogP contribution in [0.2, 0.25) is 0 Å². The summed E-state index contributed by atoms with van der Waals surface area (Å²) < 4.78 is 138. The highest BCUT2D eigenvalue weighted by molar-refractivity contribution is 7.93. The van der Waals surface area contributed by atoms with Crippen LogP contribution in [-0.2, 0) is 42.0 Å². The molecule has 0 saturated carbocycles. The van der Waals surface area contributed by atoms with Gasteiger partial charge in [0.05, 0.1) is 32.3 Å². The predicted octanol–water partition coefficient (Wildman–Crippen LogP) is 5.44. The Bertz CT molecular complexity index is 1900. The second-order valence-electron chi connectivity index (χ2n) is 9.45. The molecule has 18 heteroatoms. The Labute approximate surface area is 256 Å². The van der Waals surface area contributed by atoms with E-state index >= 15 is 0 Å². The van der Waals surface area contributed by atoms with Gasteiger partial charge in [0.15, 0.2) is 0 Å². The molecule has 0 aliphatic rings. The summed E-state index contributed by atoms with van der Waals surface area (Å²) in [5.74, 6) is -3.58. The van der Waals surface area contributed by atoms with Crippen molar-refractivity contribution >= 4 is 54.1 Å². The van der Waals surface area contributed by atoms with Crippen molar-refractivity contribution in [3.05, 3.63) is 96.1 Å². The molecule has 244 valence electrons. The van der Waals surface area contributed by atoms with E-state index in [0.717, 1.165) is 48.5 Å². The molecule has 0 aliphatic heterocycles. The highest BCUT2D eigenvalue weighted by Crippen LogP contribution is 2.42. The van der Waals surface area contributed by atoms with Crippen molar-refractivity contribution in [1.82, 2.24) is 0 Å². The van der Waals surface area contributed by atoms with Crippen molar-refractivity contribution < 1.29 is 63.0 Å². The van der Waals surface area contributed by atoms with Crippen molar-refractivity contribution in [2.24, 2.45) is 0 Å². The fourth-order valence-electron chi connectivity index (χ4n) is 4.64. The molecule has 4 aromatic rings. The number of nitrogens with zero attached hydrogens (tertiary/aromatic N) is 2. The van der Waals surface area contributed by atoms with Crippen LogP contribution in [0.5, 0.6) is 0 Å². The van der Waals surface area contributed by atoms with Crippen LogP contribution in [0, 0.1) is 0 Å². The lowest BCUT2D eigenvalue weighted by Gasteiger charge is -2.29. The number of benzene rings is 4. The third-order valence-electron chi connectivity index (χ3n) is 6.49. The predicted molar refractivity (Wildman–Crippen MR) is 151 cm³/mol. The van der Waals surface area contributed by atoms with Crippen molar-refractivity contribution in [1.29, 1.82) is 0 Å². The third kappa shape index (κ3) is 6.57. The Kier molecular flexibility index (Phi) is 9.00. The Morgan fingerprint density at radius 3 is 1.15 bits per heavy atom. The molecule has 4 aromatic carbocycles. The minimum Gasteiger partial charge on any atom is -0.480 e. The molecule has 0 spiro atoms. The first-order valence-corrected chi connectivity index (χ1v) is 15.5. The third-order valence-corrected chi connectivity index (χ3v) is 10.1. The van der Waals surface area contributed by atoms with Gasteiger partial charge in [-0.15, -0.1) is 0 Å². The van der Waals surface area contributed by atoms with E-state index in [4.69, 9.17) is 0 Å². The van der Waals surface area contributed by atoms with E-state index in [1.165, 1.54) is 12.1 Å². The quantitative estimate of drug-likeness (QED) is 0.209. The summed E-state index contributed by atoms with van der Waals surface area (Å²) in [6.45, 7) is -2.82. The molecule has 0 radical (unpaired) electrons. The van der Waals surface area contributed by atoms with Crippen LogP contribution >= 0.6 is 0 Å². The summed E-state index contributed by atoms with van der Waals surface area (Å²) in [6, 6.07) is 12.4. The molecule has 0 saturated heterocycles. The lowest BCUT2D eigenvalue weighted by molar-refractivity contribution is -0.140. The summed E-state index contributed by atoms with van der Waals surface area (Å²) >= 11 is 0. The van der Waals surface area contributed by atoms with Crippen LogP contribution in [0.25, 0.3) is 10.8 Å². The van der Waals surface area contributed by atoms with Crippen molar-refractivity contribution in [2.45, 2.75) is 22.1 Å². The molecule has 0 atom stereocenters. The number of alkyl halides is 6. The Morgan fingerprint density at radius 1 is 0.543 bits per heavy atom. The monoisotopic (exact) mass is 690 g/mol. The molecule has 4 rings (SSSR count). The van der Waals surface area contributed by atoms with Gasteiger partial charge in [-0.2, -0.15) is 26.3 Å². The number of hydrogen-bond donors (Lipinski definition) is 2. The molecular formula is C28H20F6N2O8S2. The lowest BCUT2D eigenvalue weighted by atomic mass is 10.1. The second kappa shape index (κ2) is 12.2. The minimum atomic E-state index is -5.32. The highest BCUT2D eigenvalue weighted by atomic mass is 32.2. The molecule has 0 fully saturated rings. The van der Waals surface area contributed by atoms with Crippen molar-refractivity contribution in [3.63, 3.8) is 0 Å². The molecule has 0 unspecified atom stereocenters. The number of carbonyl (C=O) groups is 2. The van der Waals surface area contributed by atoms with Crippen molar-refractivity contribution in [3.8, 4) is 0 Å². The maximum atomic E-state index is 13.8. The van der Waals surface area contributed by atoms with E-state index in [1.54, 1.807) is 0 Å². The highest BCUT2D eigenvalue weighted by Gasteiger charge is 2.42. The first kappa shape index (κ1) is 34.0. The largest absolute Gasteiger partial charge is 0.480 e. The van der Waals surface area contributed by atoms with Crippen LogP contribution in [0.3, 0.4) is 0 Å². The number of rotatable bonds is 10. The van der Waals surface area contributed by atoms with E-state index < -0.39 is 89.7 Å². The molecule has 0 amide bonds. The van der Waals surface area contributed by atoms with Gasteiger partial charge in [-0.3, -0.25) is 18.2 Å². The maximum Gasteiger partial charge on any atom is 0.417 e. The smallest absolute Gasteiger partial charge is 0.417 e. The first-order chi connectivity index (χ1) is 21.3. The average molecular weight is 691 g/mol. The van der Waals surface area contributed by atoms with Gasteiger partial charge >= 0.3 is 24.3 Å². The van der Waals surface area contributed by atoms with Crippen LogP contribution in [-0.4, -0.2) is 52.1 Å². The number of carboxylic acid groups (broad SMARTS) is 2. The van der Waals surface area contributed by atoms with Gasteiger partial charge < -0.3 is 10.2 Å². The first-order valence-electron chi connectivity index (χ1n) is 12.6. The number of anilines is 2. The topological polar surface area (TPSA) is 149 Å². The van der Waals surface area contributed by atoms with Gasteiger partial charge in [0.1, 0.15) is 13.1 Å². The maximum absolute atomic E-state index is 13.8. The molecule has 2 N–H and O–H groups in total. The van der Waals surface area contributed by atoms with E-state index in [0.29, 0.717) is 24.3 Å². The van der Waals surface area contributed by atoms with Gasteiger partial charge in [0.2, 0.25) is 0 Å². The number of hydrogen-bond acceptors (Lipinski definition) is 6. The van der Waals surface area contributed by atoms with Gasteiger partial charge in [0, 0.05) is 10.8 Å². The van der Waals surface area contributed by atoms with Gasteiger partial charge in [-0.1, -0.05) is 48.5 Å². The zero-order valence-corrected chi connectivity index (χ0v) is 24.5. The number of halogens is 6. The average Bonchev–Trinajstić information content (AvgIpc) is 2.97.